The molecule has 2 nitrogen and oxygen atoms in total. The number of rotatable bonds is 11. The van der Waals surface area contributed by atoms with Crippen LogP contribution >= 0.6 is 0 Å². The van der Waals surface area contributed by atoms with E-state index in [4.69, 9.17) is 0 Å². The molecule has 2 aromatic carbocycles. The average molecular weight is 474 g/mol. The molecule has 1 aliphatic rings. The number of benzene rings is 2. The highest BCUT2D eigenvalue weighted by atomic mass is 19.4. The number of carbonyl (C=O) groups is 1. The van der Waals surface area contributed by atoms with Crippen molar-refractivity contribution in [3.63, 3.8) is 0 Å². The molecule has 0 heterocycles. The Bertz CT molecular complexity index is 899. The minimum Gasteiger partial charge on any atom is -0.326 e. The van der Waals surface area contributed by atoms with Gasteiger partial charge in [0.1, 0.15) is 0 Å². The fraction of sp³-hybridized carbons (Fsp3) is 0.552. The lowest BCUT2D eigenvalue weighted by molar-refractivity contribution is -0.137. The molecule has 1 N–H and O–H groups in total. The number of halogens is 3. The number of nitrogens with one attached hydrogen (secondary N) is 1. The first-order chi connectivity index (χ1) is 16.4. The molecule has 0 atom stereocenters. The fourth-order valence-electron chi connectivity index (χ4n) is 4.88. The topological polar surface area (TPSA) is 29.1 Å². The van der Waals surface area contributed by atoms with E-state index >= 15 is 0 Å². The maximum absolute atomic E-state index is 12.8. The minimum atomic E-state index is -4.30. The van der Waals surface area contributed by atoms with Gasteiger partial charge in [0, 0.05) is 12.1 Å². The summed E-state index contributed by atoms with van der Waals surface area (Å²) >= 11 is 0. The Morgan fingerprint density at radius 1 is 0.882 bits per heavy atom. The summed E-state index contributed by atoms with van der Waals surface area (Å²) in [6.07, 6.45) is 9.31. The zero-order chi connectivity index (χ0) is 24.4. The van der Waals surface area contributed by atoms with E-state index in [1.807, 2.05) is 12.1 Å². The molecule has 2 aromatic rings. The molecular weight excluding hydrogens is 435 g/mol. The number of hydrogen-bond donors (Lipinski definition) is 1. The van der Waals surface area contributed by atoms with Crippen LogP contribution in [-0.2, 0) is 23.8 Å². The third kappa shape index (κ3) is 8.18. The van der Waals surface area contributed by atoms with Crippen LogP contribution in [0.4, 0.5) is 18.9 Å². The molecule has 0 bridgehead atoms. The molecular formula is C29H38F3NO. The fourth-order valence-corrected chi connectivity index (χ4v) is 4.88. The van der Waals surface area contributed by atoms with Crippen LogP contribution < -0.4 is 5.32 Å². The largest absolute Gasteiger partial charge is 0.416 e. The monoisotopic (exact) mass is 473 g/mol. The van der Waals surface area contributed by atoms with Crippen LogP contribution in [0, 0.1) is 0 Å². The highest BCUT2D eigenvalue weighted by Crippen LogP contribution is 2.37. The van der Waals surface area contributed by atoms with Crippen molar-refractivity contribution in [2.24, 2.45) is 0 Å². The summed E-state index contributed by atoms with van der Waals surface area (Å²) in [5.74, 6) is 0.547. The van der Waals surface area contributed by atoms with E-state index in [9.17, 15) is 18.0 Å². The Morgan fingerprint density at radius 3 is 2.21 bits per heavy atom. The Balaban J connectivity index is 1.65. The second-order valence-corrected chi connectivity index (χ2v) is 9.66. The van der Waals surface area contributed by atoms with E-state index in [2.05, 4.69) is 18.3 Å². The average Bonchev–Trinajstić information content (AvgIpc) is 2.83. The van der Waals surface area contributed by atoms with Crippen LogP contribution in [0.5, 0.6) is 0 Å². The summed E-state index contributed by atoms with van der Waals surface area (Å²) in [7, 11) is 0. The first-order valence-electron chi connectivity index (χ1n) is 13.0. The van der Waals surface area contributed by atoms with E-state index in [1.54, 1.807) is 12.1 Å². The Kier molecular flexibility index (Phi) is 10.0. The van der Waals surface area contributed by atoms with Crippen molar-refractivity contribution >= 4 is 11.6 Å². The van der Waals surface area contributed by atoms with Gasteiger partial charge in [-0.2, -0.15) is 13.2 Å². The van der Waals surface area contributed by atoms with Crippen molar-refractivity contribution in [2.75, 3.05) is 5.32 Å². The highest BCUT2D eigenvalue weighted by molar-refractivity contribution is 5.91. The third-order valence-corrected chi connectivity index (χ3v) is 6.93. The van der Waals surface area contributed by atoms with Gasteiger partial charge in [-0.3, -0.25) is 4.79 Å². The molecule has 34 heavy (non-hydrogen) atoms. The first kappa shape index (κ1) is 26.3. The zero-order valence-corrected chi connectivity index (χ0v) is 20.4. The number of anilines is 1. The lowest BCUT2D eigenvalue weighted by Gasteiger charge is -2.25. The summed E-state index contributed by atoms with van der Waals surface area (Å²) in [5, 5.41) is 3.17. The van der Waals surface area contributed by atoms with Gasteiger partial charge in [0.15, 0.2) is 0 Å². The second kappa shape index (κ2) is 13.0. The molecule has 1 amide bonds. The van der Waals surface area contributed by atoms with Crippen molar-refractivity contribution in [3.8, 4) is 0 Å². The molecule has 0 aromatic heterocycles. The van der Waals surface area contributed by atoms with Crippen molar-refractivity contribution in [1.29, 1.82) is 0 Å². The van der Waals surface area contributed by atoms with Crippen LogP contribution in [0.3, 0.4) is 0 Å². The number of aryl methyl sites for hydroxylation is 2. The van der Waals surface area contributed by atoms with Crippen molar-refractivity contribution < 1.29 is 18.0 Å². The van der Waals surface area contributed by atoms with Gasteiger partial charge in [-0.15, -0.1) is 0 Å². The van der Waals surface area contributed by atoms with Crippen molar-refractivity contribution in [3.05, 3.63) is 64.7 Å². The molecule has 3 rings (SSSR count). The summed E-state index contributed by atoms with van der Waals surface area (Å²) < 4.78 is 38.4. The summed E-state index contributed by atoms with van der Waals surface area (Å²) in [6.45, 7) is 2.19. The number of alkyl halides is 3. The van der Waals surface area contributed by atoms with Gasteiger partial charge in [0.2, 0.25) is 5.91 Å². The number of amides is 1. The molecule has 0 spiro atoms. The second-order valence-electron chi connectivity index (χ2n) is 9.66. The molecule has 1 aliphatic carbocycles. The Hall–Kier alpha value is -2.30. The quantitative estimate of drug-likeness (QED) is 0.325. The van der Waals surface area contributed by atoms with Gasteiger partial charge < -0.3 is 5.32 Å². The van der Waals surface area contributed by atoms with E-state index < -0.39 is 11.7 Å². The lowest BCUT2D eigenvalue weighted by Crippen LogP contribution is -2.15. The summed E-state index contributed by atoms with van der Waals surface area (Å²) in [5.41, 5.74) is 3.61. The molecule has 0 aliphatic heterocycles. The molecule has 0 unspecified atom stereocenters. The molecule has 0 radical (unpaired) electrons. The predicted molar refractivity (Wildman–Crippen MR) is 133 cm³/mol. The summed E-state index contributed by atoms with van der Waals surface area (Å²) in [6, 6.07) is 11.7. The van der Waals surface area contributed by atoms with Gasteiger partial charge in [-0.25, -0.2) is 0 Å². The number of hydrogen-bond acceptors (Lipinski definition) is 1. The lowest BCUT2D eigenvalue weighted by atomic mass is 9.82. The van der Waals surface area contributed by atoms with Crippen molar-refractivity contribution in [1.82, 2.24) is 0 Å². The Morgan fingerprint density at radius 2 is 1.53 bits per heavy atom. The molecule has 1 saturated carbocycles. The molecule has 186 valence electrons. The summed E-state index contributed by atoms with van der Waals surface area (Å²) in [4.78, 5) is 12.6. The Labute approximate surface area is 202 Å². The normalized spacial score (nSPS) is 14.8. The van der Waals surface area contributed by atoms with Gasteiger partial charge in [0.25, 0.3) is 0 Å². The van der Waals surface area contributed by atoms with E-state index in [0.29, 0.717) is 18.8 Å². The first-order valence-corrected chi connectivity index (χ1v) is 13.0. The van der Waals surface area contributed by atoms with Crippen LogP contribution in [0.15, 0.2) is 42.5 Å². The van der Waals surface area contributed by atoms with Gasteiger partial charge >= 0.3 is 6.18 Å². The SMILES string of the molecule is CCCCCCCC(=O)Nc1ccc(CCc2ccc(C(F)(F)F)cc2)cc1C1CCCCC1. The van der Waals surface area contributed by atoms with Crippen molar-refractivity contribution in [2.45, 2.75) is 102 Å². The zero-order valence-electron chi connectivity index (χ0n) is 20.4. The molecule has 1 fully saturated rings. The van der Waals surface area contributed by atoms with Crippen LogP contribution in [0.1, 0.15) is 106 Å². The number of carbonyl (C=O) groups excluding carboxylic acids is 1. The van der Waals surface area contributed by atoms with Gasteiger partial charge in [-0.1, -0.05) is 76.1 Å². The molecule has 5 heteroatoms. The van der Waals surface area contributed by atoms with E-state index in [0.717, 1.165) is 61.1 Å². The predicted octanol–water partition coefficient (Wildman–Crippen LogP) is 8.84. The van der Waals surface area contributed by atoms with Gasteiger partial charge in [-0.05, 0) is 72.9 Å². The smallest absolute Gasteiger partial charge is 0.326 e. The van der Waals surface area contributed by atoms with Gasteiger partial charge in [0.05, 0.1) is 5.56 Å². The standard InChI is InChI=1S/C29H38F3NO/c1-2-3-4-5-9-12-28(34)33-27-20-17-23(21-26(27)24-10-7-6-8-11-24)14-13-22-15-18-25(19-16-22)29(30,31)32/h15-21,24H,2-14H2,1H3,(H,33,34). The van der Waals surface area contributed by atoms with Crippen LogP contribution in [-0.4, -0.2) is 5.91 Å². The van der Waals surface area contributed by atoms with Crippen LogP contribution in [0.25, 0.3) is 0 Å². The highest BCUT2D eigenvalue weighted by Gasteiger charge is 2.29. The van der Waals surface area contributed by atoms with Crippen LogP contribution in [0.2, 0.25) is 0 Å². The minimum absolute atomic E-state index is 0.0889. The maximum Gasteiger partial charge on any atom is 0.416 e. The number of unbranched alkanes of at least 4 members (excludes halogenated alkanes) is 4. The maximum atomic E-state index is 12.8. The van der Waals surface area contributed by atoms with E-state index in [-0.39, 0.29) is 5.91 Å². The molecule has 0 saturated heterocycles. The van der Waals surface area contributed by atoms with E-state index in [1.165, 1.54) is 44.1 Å². The third-order valence-electron chi connectivity index (χ3n) is 6.93.